The molecule has 0 unspecified atom stereocenters. The molecule has 2 amide bonds. The van der Waals surface area contributed by atoms with Crippen molar-refractivity contribution in [3.63, 3.8) is 0 Å². The summed E-state index contributed by atoms with van der Waals surface area (Å²) in [6.45, 7) is 0.976. The molecule has 0 saturated carbocycles. The first-order valence-electron chi connectivity index (χ1n) is 9.21. The second kappa shape index (κ2) is 9.37. The van der Waals surface area contributed by atoms with Gasteiger partial charge in [-0.3, -0.25) is 9.59 Å². The molecule has 0 aliphatic carbocycles. The van der Waals surface area contributed by atoms with Crippen LogP contribution in [0.2, 0.25) is 10.0 Å². The van der Waals surface area contributed by atoms with Gasteiger partial charge in [0.15, 0.2) is 5.75 Å². The maximum atomic E-state index is 13.0. The highest BCUT2D eigenvalue weighted by Crippen LogP contribution is 2.35. The maximum absolute atomic E-state index is 13.0. The number of hydrogen-bond acceptors (Lipinski definition) is 4. The fourth-order valence-electron chi connectivity index (χ4n) is 3.41. The van der Waals surface area contributed by atoms with E-state index in [4.69, 9.17) is 32.7 Å². The zero-order valence-corrected chi connectivity index (χ0v) is 17.7. The molecule has 1 N–H and O–H groups in total. The van der Waals surface area contributed by atoms with E-state index in [0.29, 0.717) is 47.3 Å². The lowest BCUT2D eigenvalue weighted by Crippen LogP contribution is -2.46. The number of ether oxygens (including phenoxy) is 2. The van der Waals surface area contributed by atoms with Gasteiger partial charge in [-0.2, -0.15) is 0 Å². The first-order chi connectivity index (χ1) is 14.0. The summed E-state index contributed by atoms with van der Waals surface area (Å²) in [4.78, 5) is 27.3. The number of piperidine rings is 1. The molecule has 154 valence electrons. The largest absolute Gasteiger partial charge is 0.496 e. The predicted octanol–water partition coefficient (Wildman–Crippen LogP) is 4.05. The minimum atomic E-state index is -0.233. The van der Waals surface area contributed by atoms with Crippen molar-refractivity contribution < 1.29 is 19.1 Å². The molecule has 0 bridgehead atoms. The third-order valence-corrected chi connectivity index (χ3v) is 5.56. The van der Waals surface area contributed by atoms with E-state index < -0.39 is 0 Å². The van der Waals surface area contributed by atoms with E-state index in [-0.39, 0.29) is 29.2 Å². The number of carbonyl (C=O) groups is 2. The Hall–Kier alpha value is -2.44. The van der Waals surface area contributed by atoms with Gasteiger partial charge in [-0.05, 0) is 37.1 Å². The van der Waals surface area contributed by atoms with Crippen molar-refractivity contribution in [2.24, 2.45) is 0 Å². The van der Waals surface area contributed by atoms with E-state index in [1.165, 1.54) is 14.2 Å². The number of amides is 2. The van der Waals surface area contributed by atoms with Crippen molar-refractivity contribution in [2.75, 3.05) is 27.3 Å². The Morgan fingerprint density at radius 3 is 2.31 bits per heavy atom. The van der Waals surface area contributed by atoms with Crippen molar-refractivity contribution >= 4 is 35.0 Å². The molecule has 0 spiro atoms. The van der Waals surface area contributed by atoms with Gasteiger partial charge in [0.1, 0.15) is 11.3 Å². The Labute approximate surface area is 179 Å². The number of carbonyl (C=O) groups excluding carboxylic acids is 2. The fraction of sp³-hybridized carbons (Fsp3) is 0.333. The number of methoxy groups -OCH3 is 2. The molecule has 1 heterocycles. The van der Waals surface area contributed by atoms with Crippen LogP contribution in [0.1, 0.15) is 33.6 Å². The highest BCUT2D eigenvalue weighted by Gasteiger charge is 2.29. The van der Waals surface area contributed by atoms with Gasteiger partial charge in [0.2, 0.25) is 0 Å². The summed E-state index contributed by atoms with van der Waals surface area (Å²) in [5, 5.41) is 3.65. The highest BCUT2D eigenvalue weighted by atomic mass is 35.5. The van der Waals surface area contributed by atoms with E-state index in [0.717, 1.165) is 0 Å². The predicted molar refractivity (Wildman–Crippen MR) is 112 cm³/mol. The molecule has 3 rings (SSSR count). The third-order valence-electron chi connectivity index (χ3n) is 4.95. The lowest BCUT2D eigenvalue weighted by atomic mass is 10.0. The summed E-state index contributed by atoms with van der Waals surface area (Å²) in [6.07, 6.45) is 1.26. The summed E-state index contributed by atoms with van der Waals surface area (Å²) in [5.74, 6) is 0.381. The van der Waals surface area contributed by atoms with Crippen LogP contribution < -0.4 is 14.8 Å². The van der Waals surface area contributed by atoms with Crippen LogP contribution in [-0.2, 0) is 0 Å². The molecule has 8 heteroatoms. The van der Waals surface area contributed by atoms with Crippen LogP contribution in [-0.4, -0.2) is 50.1 Å². The molecular formula is C21H22Cl2N2O4. The summed E-state index contributed by atoms with van der Waals surface area (Å²) in [6, 6.07) is 10.2. The minimum absolute atomic E-state index is 0.0341. The molecule has 1 fully saturated rings. The summed E-state index contributed by atoms with van der Waals surface area (Å²) in [7, 11) is 2.99. The Kier molecular flexibility index (Phi) is 6.87. The zero-order valence-electron chi connectivity index (χ0n) is 16.2. The number of nitrogens with zero attached hydrogens (tertiary/aromatic N) is 1. The van der Waals surface area contributed by atoms with Crippen LogP contribution in [0.15, 0.2) is 36.4 Å². The standard InChI is InChI=1S/C21H22Cl2N2O4/c1-28-17-6-4-3-5-14(17)20(26)24-13-9-11-25(12-10-13)21(27)18-15(22)7-8-16(23)19(18)29-2/h3-8,13H,9-12H2,1-2H3,(H,24,26). The van der Waals surface area contributed by atoms with Gasteiger partial charge in [0.25, 0.3) is 11.8 Å². The number of rotatable bonds is 5. The number of para-hydroxylation sites is 1. The molecule has 1 aliphatic rings. The SMILES string of the molecule is COc1ccccc1C(=O)NC1CCN(C(=O)c2c(Cl)ccc(Cl)c2OC)CC1. The second-order valence-corrected chi connectivity index (χ2v) is 7.49. The van der Waals surface area contributed by atoms with E-state index in [9.17, 15) is 9.59 Å². The van der Waals surface area contributed by atoms with Crippen LogP contribution >= 0.6 is 23.2 Å². The smallest absolute Gasteiger partial charge is 0.259 e. The van der Waals surface area contributed by atoms with Gasteiger partial charge in [0, 0.05) is 19.1 Å². The fourth-order valence-corrected chi connectivity index (χ4v) is 3.88. The van der Waals surface area contributed by atoms with Gasteiger partial charge >= 0.3 is 0 Å². The Balaban J connectivity index is 1.65. The van der Waals surface area contributed by atoms with Gasteiger partial charge in [-0.1, -0.05) is 35.3 Å². The molecule has 1 saturated heterocycles. The topological polar surface area (TPSA) is 67.9 Å². The van der Waals surface area contributed by atoms with Gasteiger partial charge in [0.05, 0.1) is 29.8 Å². The van der Waals surface area contributed by atoms with Gasteiger partial charge in [-0.25, -0.2) is 0 Å². The Bertz CT molecular complexity index is 912. The molecule has 0 atom stereocenters. The van der Waals surface area contributed by atoms with Crippen LogP contribution in [0, 0.1) is 0 Å². The average Bonchev–Trinajstić information content (AvgIpc) is 2.75. The van der Waals surface area contributed by atoms with Crippen molar-refractivity contribution in [3.8, 4) is 11.5 Å². The highest BCUT2D eigenvalue weighted by molar-refractivity contribution is 6.37. The number of nitrogens with one attached hydrogen (secondary N) is 1. The van der Waals surface area contributed by atoms with Crippen molar-refractivity contribution in [1.82, 2.24) is 10.2 Å². The molecule has 0 radical (unpaired) electrons. The summed E-state index contributed by atoms with van der Waals surface area (Å²) in [5.41, 5.74) is 0.752. The molecule has 0 aromatic heterocycles. The van der Waals surface area contributed by atoms with Crippen LogP contribution in [0.4, 0.5) is 0 Å². The van der Waals surface area contributed by atoms with E-state index in [1.807, 2.05) is 6.07 Å². The van der Waals surface area contributed by atoms with Crippen LogP contribution in [0.5, 0.6) is 11.5 Å². The number of halogens is 2. The number of benzene rings is 2. The maximum Gasteiger partial charge on any atom is 0.259 e. The second-order valence-electron chi connectivity index (χ2n) is 6.68. The quantitative estimate of drug-likeness (QED) is 0.767. The normalized spacial score (nSPS) is 14.4. The Morgan fingerprint density at radius 1 is 1.00 bits per heavy atom. The minimum Gasteiger partial charge on any atom is -0.496 e. The molecular weight excluding hydrogens is 415 g/mol. The molecule has 1 aliphatic heterocycles. The lowest BCUT2D eigenvalue weighted by molar-refractivity contribution is 0.0695. The van der Waals surface area contributed by atoms with Gasteiger partial charge < -0.3 is 19.7 Å². The molecule has 2 aromatic carbocycles. The van der Waals surface area contributed by atoms with E-state index in [2.05, 4.69) is 5.32 Å². The number of hydrogen-bond donors (Lipinski definition) is 1. The first kappa shape index (κ1) is 21.3. The zero-order chi connectivity index (χ0) is 21.0. The van der Waals surface area contributed by atoms with Crippen LogP contribution in [0.3, 0.4) is 0 Å². The number of likely N-dealkylation sites (tertiary alicyclic amines) is 1. The monoisotopic (exact) mass is 436 g/mol. The third kappa shape index (κ3) is 4.60. The summed E-state index contributed by atoms with van der Waals surface area (Å²) < 4.78 is 10.5. The van der Waals surface area contributed by atoms with Crippen LogP contribution in [0.25, 0.3) is 0 Å². The Morgan fingerprint density at radius 2 is 1.66 bits per heavy atom. The van der Waals surface area contributed by atoms with E-state index >= 15 is 0 Å². The lowest BCUT2D eigenvalue weighted by Gasteiger charge is -2.33. The van der Waals surface area contributed by atoms with Crippen molar-refractivity contribution in [1.29, 1.82) is 0 Å². The summed E-state index contributed by atoms with van der Waals surface area (Å²) >= 11 is 12.4. The van der Waals surface area contributed by atoms with Gasteiger partial charge in [-0.15, -0.1) is 0 Å². The molecule has 6 nitrogen and oxygen atoms in total. The van der Waals surface area contributed by atoms with Crippen molar-refractivity contribution in [2.45, 2.75) is 18.9 Å². The molecule has 29 heavy (non-hydrogen) atoms. The first-order valence-corrected chi connectivity index (χ1v) is 9.97. The molecule has 2 aromatic rings. The average molecular weight is 437 g/mol. The van der Waals surface area contributed by atoms with E-state index in [1.54, 1.807) is 35.2 Å². The van der Waals surface area contributed by atoms with Crippen molar-refractivity contribution in [3.05, 3.63) is 57.6 Å².